The van der Waals surface area contributed by atoms with Crippen molar-refractivity contribution in [1.82, 2.24) is 8.96 Å². The Hall–Kier alpha value is -2.14. The van der Waals surface area contributed by atoms with Gasteiger partial charge in [-0.2, -0.15) is 30.3 Å². The number of hydrogen-bond donors (Lipinski definition) is 0. The number of imidazole rings is 1. The van der Waals surface area contributed by atoms with Gasteiger partial charge in [-0.05, 0) is 23.4 Å². The van der Waals surface area contributed by atoms with E-state index in [9.17, 15) is 8.42 Å². The van der Waals surface area contributed by atoms with Crippen LogP contribution in [0.15, 0.2) is 83.8 Å². The van der Waals surface area contributed by atoms with E-state index in [0.29, 0.717) is 22.7 Å². The number of hydrogen-bond acceptors (Lipinski definition) is 3. The molecule has 0 saturated carbocycles. The van der Waals surface area contributed by atoms with Gasteiger partial charge in [0.1, 0.15) is 5.82 Å². The zero-order valence-corrected chi connectivity index (χ0v) is 18.4. The molecule has 0 spiro atoms. The van der Waals surface area contributed by atoms with Crippen LogP contribution in [0.5, 0.6) is 0 Å². The van der Waals surface area contributed by atoms with Gasteiger partial charge in [0, 0.05) is 6.42 Å². The standard InChI is InChI=1S/C18H21N2O2S.C5H5.Fe/c1-2-3-4-5-14-18-19-16-12-8-9-13-17(16)20(18)23(21,22)15-10-6-7-11-15;1-2-4-5-3-1;/h6-13H,2-5,14H2,1H3;1-5H;/q2*-1;+2. The minimum Gasteiger partial charge on any atom is -0.232 e. The van der Waals surface area contributed by atoms with Crippen molar-refractivity contribution in [3.63, 3.8) is 0 Å². The Balaban J connectivity index is 0.000000437. The van der Waals surface area contributed by atoms with Crippen molar-refractivity contribution in [3.8, 4) is 0 Å². The number of para-hydroxylation sites is 2. The Kier molecular flexibility index (Phi) is 8.90. The third-order valence-corrected chi connectivity index (χ3v) is 6.32. The van der Waals surface area contributed by atoms with Gasteiger partial charge in [0.25, 0.3) is 0 Å². The largest absolute Gasteiger partial charge is 2.00 e. The number of rotatable bonds is 7. The average Bonchev–Trinajstić information content (AvgIpc) is 3.47. The second kappa shape index (κ2) is 11.1. The Bertz CT molecular complexity index is 1050. The molecule has 1 aromatic heterocycles. The molecule has 1 heterocycles. The molecule has 6 heteroatoms. The molecular formula is C23H26FeN2O2S. The number of aryl methyl sites for hydroxylation is 1. The second-order valence-electron chi connectivity index (χ2n) is 6.68. The molecule has 0 atom stereocenters. The molecule has 0 aliphatic carbocycles. The van der Waals surface area contributed by atoms with E-state index < -0.39 is 10.0 Å². The maximum Gasteiger partial charge on any atom is 2.00 e. The van der Waals surface area contributed by atoms with Crippen LogP contribution in [0.4, 0.5) is 0 Å². The van der Waals surface area contributed by atoms with E-state index in [1.165, 1.54) is 3.97 Å². The average molecular weight is 450 g/mol. The van der Waals surface area contributed by atoms with Crippen molar-refractivity contribution in [2.45, 2.75) is 43.9 Å². The summed E-state index contributed by atoms with van der Waals surface area (Å²) in [4.78, 5) is 4.89. The number of benzene rings is 1. The Morgan fingerprint density at radius 3 is 2.28 bits per heavy atom. The fourth-order valence-electron chi connectivity index (χ4n) is 3.14. The molecule has 0 aliphatic heterocycles. The fraction of sp³-hybridized carbons (Fsp3) is 0.261. The zero-order chi connectivity index (χ0) is 19.8. The molecular weight excluding hydrogens is 424 g/mol. The first-order valence-electron chi connectivity index (χ1n) is 9.75. The molecule has 0 unspecified atom stereocenters. The number of unbranched alkanes of at least 4 members (excludes halogenated alkanes) is 3. The summed E-state index contributed by atoms with van der Waals surface area (Å²) in [5, 5.41) is 0. The van der Waals surface area contributed by atoms with Gasteiger partial charge in [-0.25, -0.2) is 41.6 Å². The molecule has 4 aromatic rings. The molecule has 0 N–H and O–H groups in total. The van der Waals surface area contributed by atoms with Gasteiger partial charge in [-0.3, -0.25) is 0 Å². The first-order valence-corrected chi connectivity index (χ1v) is 11.2. The van der Waals surface area contributed by atoms with Crippen LogP contribution >= 0.6 is 0 Å². The van der Waals surface area contributed by atoms with Crippen LogP contribution in [0.2, 0.25) is 0 Å². The molecule has 0 amide bonds. The van der Waals surface area contributed by atoms with E-state index in [-0.39, 0.29) is 17.1 Å². The van der Waals surface area contributed by atoms with Gasteiger partial charge >= 0.3 is 17.1 Å². The minimum atomic E-state index is -3.60. The van der Waals surface area contributed by atoms with Crippen molar-refractivity contribution >= 4 is 21.1 Å². The topological polar surface area (TPSA) is 52.0 Å². The fourth-order valence-corrected chi connectivity index (χ4v) is 4.68. The van der Waals surface area contributed by atoms with Crippen LogP contribution in [0, 0.1) is 0 Å². The quantitative estimate of drug-likeness (QED) is 0.212. The summed E-state index contributed by atoms with van der Waals surface area (Å²) in [7, 11) is -3.60. The number of aromatic nitrogens is 2. The van der Waals surface area contributed by atoms with Crippen LogP contribution in [-0.4, -0.2) is 17.4 Å². The zero-order valence-electron chi connectivity index (χ0n) is 16.5. The first kappa shape index (κ1) is 23.1. The molecule has 0 radical (unpaired) electrons. The summed E-state index contributed by atoms with van der Waals surface area (Å²) in [6.07, 6.45) is 5.04. The van der Waals surface area contributed by atoms with Gasteiger partial charge in [0.05, 0.1) is 11.0 Å². The molecule has 29 heavy (non-hydrogen) atoms. The predicted octanol–water partition coefficient (Wildman–Crippen LogP) is 5.52. The molecule has 4 rings (SSSR count). The molecule has 0 bridgehead atoms. The second-order valence-corrected chi connectivity index (χ2v) is 8.47. The van der Waals surface area contributed by atoms with Crippen molar-refractivity contribution in [2.75, 3.05) is 0 Å². The Morgan fingerprint density at radius 1 is 0.966 bits per heavy atom. The summed E-state index contributed by atoms with van der Waals surface area (Å²) in [5.41, 5.74) is 1.38. The predicted molar refractivity (Wildman–Crippen MR) is 114 cm³/mol. The maximum absolute atomic E-state index is 13.0. The Morgan fingerprint density at radius 2 is 1.66 bits per heavy atom. The van der Waals surface area contributed by atoms with Gasteiger partial charge in [0.2, 0.25) is 10.0 Å². The molecule has 154 valence electrons. The van der Waals surface area contributed by atoms with Crippen LogP contribution < -0.4 is 0 Å². The summed E-state index contributed by atoms with van der Waals surface area (Å²) in [6.45, 7) is 2.16. The SMILES string of the molecule is CCCCCCc1nc2ccccc2n1S(=O)(=O)[c-]1cccc1.[Fe+2].c1cc[cH-]c1. The van der Waals surface area contributed by atoms with Crippen molar-refractivity contribution < 1.29 is 25.5 Å². The summed E-state index contributed by atoms with van der Waals surface area (Å²) < 4.78 is 27.4. The summed E-state index contributed by atoms with van der Waals surface area (Å²) in [6, 6.07) is 24.2. The van der Waals surface area contributed by atoms with E-state index in [4.69, 9.17) is 0 Å². The number of fused-ring (bicyclic) bond motifs is 1. The van der Waals surface area contributed by atoms with Crippen LogP contribution in [0.25, 0.3) is 11.0 Å². The third kappa shape index (κ3) is 5.69. The normalized spacial score (nSPS) is 10.9. The van der Waals surface area contributed by atoms with Crippen LogP contribution in [0.3, 0.4) is 0 Å². The molecule has 3 aromatic carbocycles. The maximum atomic E-state index is 13.0. The van der Waals surface area contributed by atoms with E-state index in [1.807, 2.05) is 54.6 Å². The summed E-state index contributed by atoms with van der Waals surface area (Å²) in [5.74, 6) is 0.628. The van der Waals surface area contributed by atoms with E-state index >= 15 is 0 Å². The molecule has 0 fully saturated rings. The van der Waals surface area contributed by atoms with Crippen LogP contribution in [0.1, 0.15) is 38.4 Å². The van der Waals surface area contributed by atoms with Gasteiger partial charge in [-0.1, -0.05) is 38.3 Å². The summed E-state index contributed by atoms with van der Waals surface area (Å²) >= 11 is 0. The van der Waals surface area contributed by atoms with Crippen molar-refractivity contribution in [1.29, 1.82) is 0 Å². The Labute approximate surface area is 183 Å². The molecule has 4 nitrogen and oxygen atoms in total. The van der Waals surface area contributed by atoms with Gasteiger partial charge in [-0.15, -0.1) is 0 Å². The molecule has 0 saturated heterocycles. The van der Waals surface area contributed by atoms with E-state index in [0.717, 1.165) is 31.2 Å². The van der Waals surface area contributed by atoms with E-state index in [1.54, 1.807) is 24.3 Å². The third-order valence-electron chi connectivity index (χ3n) is 4.56. The van der Waals surface area contributed by atoms with Crippen molar-refractivity contribution in [3.05, 3.63) is 84.7 Å². The van der Waals surface area contributed by atoms with Gasteiger partial charge in [0.15, 0.2) is 0 Å². The number of nitrogens with zero attached hydrogens (tertiary/aromatic N) is 2. The van der Waals surface area contributed by atoms with E-state index in [2.05, 4.69) is 11.9 Å². The molecule has 0 aliphatic rings. The van der Waals surface area contributed by atoms with Crippen molar-refractivity contribution in [2.24, 2.45) is 0 Å². The monoisotopic (exact) mass is 450 g/mol. The van der Waals surface area contributed by atoms with Crippen LogP contribution in [-0.2, 0) is 33.5 Å². The van der Waals surface area contributed by atoms with Gasteiger partial charge < -0.3 is 0 Å². The minimum absolute atomic E-state index is 0. The first-order chi connectivity index (χ1) is 13.6. The smallest absolute Gasteiger partial charge is 0.232 e.